The standard InChI is InChI=1S/C11H14N4O3/c12-9(16)6-14-10(17)8-3-1-7(2-4-8)5-15-11(13)18/h1-4H,5-6H2,(H2,12,16)(H,14,17)(H3,13,15,18). The van der Waals surface area contributed by atoms with E-state index >= 15 is 0 Å². The number of carbonyl (C=O) groups is 3. The van der Waals surface area contributed by atoms with Crippen molar-refractivity contribution in [3.8, 4) is 0 Å². The Kier molecular flexibility index (Phi) is 4.67. The monoisotopic (exact) mass is 250 g/mol. The Bertz CT molecular complexity index is 456. The molecule has 0 unspecified atom stereocenters. The van der Waals surface area contributed by atoms with Crippen molar-refractivity contribution in [3.63, 3.8) is 0 Å². The van der Waals surface area contributed by atoms with E-state index in [-0.39, 0.29) is 12.5 Å². The molecule has 0 aromatic heterocycles. The van der Waals surface area contributed by atoms with Crippen LogP contribution in [0.25, 0.3) is 0 Å². The van der Waals surface area contributed by atoms with Crippen LogP contribution in [0.1, 0.15) is 15.9 Å². The number of rotatable bonds is 5. The third-order valence-electron chi connectivity index (χ3n) is 2.11. The van der Waals surface area contributed by atoms with Crippen LogP contribution < -0.4 is 22.1 Å². The Morgan fingerprint density at radius 1 is 1.00 bits per heavy atom. The van der Waals surface area contributed by atoms with Gasteiger partial charge in [-0.05, 0) is 17.7 Å². The molecule has 7 nitrogen and oxygen atoms in total. The summed E-state index contributed by atoms with van der Waals surface area (Å²) in [6.07, 6.45) is 0. The molecule has 7 heteroatoms. The molecule has 4 amide bonds. The highest BCUT2D eigenvalue weighted by molar-refractivity contribution is 5.96. The van der Waals surface area contributed by atoms with Crippen molar-refractivity contribution in [3.05, 3.63) is 35.4 Å². The Hall–Kier alpha value is -2.57. The maximum absolute atomic E-state index is 11.5. The van der Waals surface area contributed by atoms with Gasteiger partial charge in [0.2, 0.25) is 5.91 Å². The highest BCUT2D eigenvalue weighted by Crippen LogP contribution is 2.04. The fraction of sp³-hybridized carbons (Fsp3) is 0.182. The summed E-state index contributed by atoms with van der Waals surface area (Å²) < 4.78 is 0. The molecule has 0 spiro atoms. The van der Waals surface area contributed by atoms with E-state index in [2.05, 4.69) is 10.6 Å². The van der Waals surface area contributed by atoms with Crippen LogP contribution in [0.15, 0.2) is 24.3 Å². The number of hydrogen-bond acceptors (Lipinski definition) is 3. The number of benzene rings is 1. The van der Waals surface area contributed by atoms with Crippen molar-refractivity contribution in [2.24, 2.45) is 11.5 Å². The van der Waals surface area contributed by atoms with Crippen LogP contribution in [0.3, 0.4) is 0 Å². The summed E-state index contributed by atoms with van der Waals surface area (Å²) in [7, 11) is 0. The molecule has 0 aliphatic carbocycles. The molecule has 0 radical (unpaired) electrons. The molecule has 6 N–H and O–H groups in total. The topological polar surface area (TPSA) is 127 Å². The summed E-state index contributed by atoms with van der Waals surface area (Å²) in [5.41, 5.74) is 11.0. The van der Waals surface area contributed by atoms with Crippen molar-refractivity contribution in [2.45, 2.75) is 6.54 Å². The zero-order valence-corrected chi connectivity index (χ0v) is 9.60. The van der Waals surface area contributed by atoms with Crippen LogP contribution in [-0.4, -0.2) is 24.4 Å². The molecule has 0 atom stereocenters. The fourth-order valence-electron chi connectivity index (χ4n) is 1.23. The first kappa shape index (κ1) is 13.5. The number of urea groups is 1. The third-order valence-corrected chi connectivity index (χ3v) is 2.11. The lowest BCUT2D eigenvalue weighted by molar-refractivity contribution is -0.117. The molecule has 0 aliphatic heterocycles. The minimum absolute atomic E-state index is 0.205. The second-order valence-electron chi connectivity index (χ2n) is 3.56. The summed E-state index contributed by atoms with van der Waals surface area (Å²) in [5, 5.41) is 4.79. The Morgan fingerprint density at radius 3 is 2.11 bits per heavy atom. The van der Waals surface area contributed by atoms with E-state index in [4.69, 9.17) is 11.5 Å². The Balaban J connectivity index is 2.56. The molecule has 1 aromatic carbocycles. The number of carbonyl (C=O) groups excluding carboxylic acids is 3. The minimum atomic E-state index is -0.613. The van der Waals surface area contributed by atoms with Gasteiger partial charge in [0, 0.05) is 12.1 Å². The van der Waals surface area contributed by atoms with Crippen molar-refractivity contribution in [2.75, 3.05) is 6.54 Å². The summed E-state index contributed by atoms with van der Waals surface area (Å²) in [6, 6.07) is 5.89. The van der Waals surface area contributed by atoms with Gasteiger partial charge in [0.1, 0.15) is 0 Å². The maximum atomic E-state index is 11.5. The third kappa shape index (κ3) is 4.52. The van der Waals surface area contributed by atoms with Gasteiger partial charge < -0.3 is 22.1 Å². The molecule has 0 saturated carbocycles. The lowest BCUT2D eigenvalue weighted by Crippen LogP contribution is -2.33. The van der Waals surface area contributed by atoms with Crippen LogP contribution in [0.2, 0.25) is 0 Å². The normalized spacial score (nSPS) is 9.56. The van der Waals surface area contributed by atoms with Gasteiger partial charge in [-0.15, -0.1) is 0 Å². The van der Waals surface area contributed by atoms with Gasteiger partial charge in [-0.1, -0.05) is 12.1 Å². The molecule has 0 fully saturated rings. The van der Waals surface area contributed by atoms with E-state index < -0.39 is 11.9 Å². The molecular formula is C11H14N4O3. The average molecular weight is 250 g/mol. The van der Waals surface area contributed by atoms with E-state index in [9.17, 15) is 14.4 Å². The van der Waals surface area contributed by atoms with Crippen molar-refractivity contribution >= 4 is 17.8 Å². The molecule has 1 aromatic rings. The van der Waals surface area contributed by atoms with Crippen LogP contribution >= 0.6 is 0 Å². The first-order valence-electron chi connectivity index (χ1n) is 5.18. The van der Waals surface area contributed by atoms with Crippen LogP contribution in [-0.2, 0) is 11.3 Å². The summed E-state index contributed by atoms with van der Waals surface area (Å²) in [4.78, 5) is 32.5. The van der Waals surface area contributed by atoms with E-state index in [1.54, 1.807) is 24.3 Å². The fourth-order valence-corrected chi connectivity index (χ4v) is 1.23. The average Bonchev–Trinajstić information content (AvgIpc) is 2.34. The quantitative estimate of drug-likeness (QED) is 0.539. The van der Waals surface area contributed by atoms with Gasteiger partial charge in [-0.2, -0.15) is 0 Å². The van der Waals surface area contributed by atoms with Crippen molar-refractivity contribution < 1.29 is 14.4 Å². The summed E-state index contributed by atoms with van der Waals surface area (Å²) in [6.45, 7) is 0.0856. The van der Waals surface area contributed by atoms with E-state index in [0.29, 0.717) is 12.1 Å². The zero-order valence-electron chi connectivity index (χ0n) is 9.60. The SMILES string of the molecule is NC(=O)CNC(=O)c1ccc(CNC(N)=O)cc1. The Morgan fingerprint density at radius 2 is 1.61 bits per heavy atom. The molecule has 1 rings (SSSR count). The predicted molar refractivity (Wildman–Crippen MR) is 64.4 cm³/mol. The summed E-state index contributed by atoms with van der Waals surface area (Å²) in [5.74, 6) is -0.992. The zero-order chi connectivity index (χ0) is 13.5. The lowest BCUT2D eigenvalue weighted by atomic mass is 10.1. The number of nitrogens with one attached hydrogen (secondary N) is 2. The first-order chi connectivity index (χ1) is 8.49. The number of primary amides is 2. The van der Waals surface area contributed by atoms with Gasteiger partial charge in [-0.3, -0.25) is 9.59 Å². The van der Waals surface area contributed by atoms with Gasteiger partial charge in [0.05, 0.1) is 6.54 Å². The molecule has 0 aliphatic rings. The van der Waals surface area contributed by atoms with E-state index in [1.807, 2.05) is 0 Å². The molecule has 0 saturated heterocycles. The van der Waals surface area contributed by atoms with E-state index in [1.165, 1.54) is 0 Å². The second kappa shape index (κ2) is 6.24. The first-order valence-corrected chi connectivity index (χ1v) is 5.18. The minimum Gasteiger partial charge on any atom is -0.368 e. The predicted octanol–water partition coefficient (Wildman–Crippen LogP) is -0.930. The molecule has 0 bridgehead atoms. The largest absolute Gasteiger partial charge is 0.368 e. The number of hydrogen-bond donors (Lipinski definition) is 4. The van der Waals surface area contributed by atoms with Crippen molar-refractivity contribution in [1.82, 2.24) is 10.6 Å². The summed E-state index contributed by atoms with van der Waals surface area (Å²) >= 11 is 0. The number of nitrogens with two attached hydrogens (primary N) is 2. The molecular weight excluding hydrogens is 236 g/mol. The van der Waals surface area contributed by atoms with Gasteiger partial charge in [-0.25, -0.2) is 4.79 Å². The molecule has 0 heterocycles. The maximum Gasteiger partial charge on any atom is 0.312 e. The smallest absolute Gasteiger partial charge is 0.312 e. The van der Waals surface area contributed by atoms with Gasteiger partial charge in [0.25, 0.3) is 5.91 Å². The molecule has 18 heavy (non-hydrogen) atoms. The van der Waals surface area contributed by atoms with Crippen LogP contribution in [0.5, 0.6) is 0 Å². The molecule has 96 valence electrons. The van der Waals surface area contributed by atoms with Crippen LogP contribution in [0, 0.1) is 0 Å². The number of amides is 4. The second-order valence-corrected chi connectivity index (χ2v) is 3.56. The van der Waals surface area contributed by atoms with Gasteiger partial charge in [0.15, 0.2) is 0 Å². The lowest BCUT2D eigenvalue weighted by Gasteiger charge is -2.05. The highest BCUT2D eigenvalue weighted by Gasteiger charge is 2.06. The Labute approximate surface area is 104 Å². The van der Waals surface area contributed by atoms with Crippen molar-refractivity contribution in [1.29, 1.82) is 0 Å². The van der Waals surface area contributed by atoms with E-state index in [0.717, 1.165) is 5.56 Å². The van der Waals surface area contributed by atoms with Crippen LogP contribution in [0.4, 0.5) is 4.79 Å². The van der Waals surface area contributed by atoms with Gasteiger partial charge >= 0.3 is 6.03 Å². The highest BCUT2D eigenvalue weighted by atomic mass is 16.2.